The molecule has 0 saturated heterocycles. The Morgan fingerprint density at radius 2 is 2.00 bits per heavy atom. The normalized spacial score (nSPS) is 11.0. The molecule has 1 aromatic rings. The number of carbonyl (C=O) groups is 3. The number of carboxylic acids is 2. The highest BCUT2D eigenvalue weighted by Crippen LogP contribution is 2.22. The Morgan fingerprint density at radius 1 is 1.33 bits per heavy atom. The van der Waals surface area contributed by atoms with Crippen LogP contribution in [0.3, 0.4) is 0 Å². The second-order valence-corrected chi connectivity index (χ2v) is 4.30. The number of hydrogen-bond acceptors (Lipinski definition) is 4. The van der Waals surface area contributed by atoms with Crippen LogP contribution in [0.2, 0.25) is 5.02 Å². The monoisotopic (exact) mass is 311 g/mol. The van der Waals surface area contributed by atoms with Crippen molar-refractivity contribution in [3.63, 3.8) is 0 Å². The van der Waals surface area contributed by atoms with Crippen LogP contribution in [-0.2, 0) is 9.59 Å². The van der Waals surface area contributed by atoms with E-state index in [1.54, 1.807) is 0 Å². The minimum absolute atomic E-state index is 0.104. The van der Waals surface area contributed by atoms with E-state index in [9.17, 15) is 14.4 Å². The highest BCUT2D eigenvalue weighted by Gasteiger charge is 2.23. The molecule has 0 spiro atoms. The number of amides is 2. The van der Waals surface area contributed by atoms with E-state index in [1.165, 1.54) is 18.2 Å². The third kappa shape index (κ3) is 5.00. The average Bonchev–Trinajstić information content (AvgIpc) is 2.39. The zero-order valence-corrected chi connectivity index (χ0v) is 11.2. The Kier molecular flexibility index (Phi) is 5.51. The Labute approximate surface area is 123 Å². The second-order valence-electron chi connectivity index (χ2n) is 3.89. The summed E-state index contributed by atoms with van der Waals surface area (Å²) >= 11 is 5.82. The van der Waals surface area contributed by atoms with Crippen LogP contribution in [0.25, 0.3) is 0 Å². The maximum atomic E-state index is 11.6. The van der Waals surface area contributed by atoms with Crippen molar-refractivity contribution in [2.45, 2.75) is 12.5 Å². The Morgan fingerprint density at radius 3 is 2.52 bits per heavy atom. The van der Waals surface area contributed by atoms with Crippen LogP contribution in [0, 0.1) is 11.3 Å². The molecule has 0 bridgehead atoms. The zero-order chi connectivity index (χ0) is 16.0. The molecule has 1 atom stereocenters. The highest BCUT2D eigenvalue weighted by atomic mass is 35.5. The van der Waals surface area contributed by atoms with E-state index in [0.717, 1.165) is 0 Å². The van der Waals surface area contributed by atoms with Crippen LogP contribution in [0.5, 0.6) is 0 Å². The van der Waals surface area contributed by atoms with Gasteiger partial charge in [-0.05, 0) is 18.2 Å². The molecule has 0 unspecified atom stereocenters. The van der Waals surface area contributed by atoms with Crippen molar-refractivity contribution < 1.29 is 24.6 Å². The molecule has 8 nitrogen and oxygen atoms in total. The van der Waals surface area contributed by atoms with Gasteiger partial charge in [0.1, 0.15) is 6.04 Å². The van der Waals surface area contributed by atoms with Gasteiger partial charge in [0.25, 0.3) is 0 Å². The summed E-state index contributed by atoms with van der Waals surface area (Å²) in [6.45, 7) is 0. The maximum absolute atomic E-state index is 11.6. The van der Waals surface area contributed by atoms with Crippen LogP contribution >= 0.6 is 11.6 Å². The quantitative estimate of drug-likeness (QED) is 0.645. The van der Waals surface area contributed by atoms with Crippen molar-refractivity contribution in [1.82, 2.24) is 5.32 Å². The molecule has 0 heterocycles. The molecule has 0 aliphatic heterocycles. The SMILES string of the molecule is N#Cc1ccc(Cl)c(NC(=O)N[C@H](CC(=O)O)C(=O)O)c1. The van der Waals surface area contributed by atoms with E-state index in [-0.39, 0.29) is 16.3 Å². The molecular weight excluding hydrogens is 302 g/mol. The first kappa shape index (κ1) is 16.3. The van der Waals surface area contributed by atoms with E-state index in [4.69, 9.17) is 27.1 Å². The lowest BCUT2D eigenvalue weighted by Gasteiger charge is -2.14. The summed E-state index contributed by atoms with van der Waals surface area (Å²) in [5, 5.41) is 30.5. The molecule has 1 rings (SSSR count). The van der Waals surface area contributed by atoms with Crippen molar-refractivity contribution in [3.05, 3.63) is 28.8 Å². The first-order valence-electron chi connectivity index (χ1n) is 5.55. The van der Waals surface area contributed by atoms with Crippen LogP contribution in [0.4, 0.5) is 10.5 Å². The summed E-state index contributed by atoms with van der Waals surface area (Å²) in [7, 11) is 0. The molecular formula is C12H10ClN3O5. The lowest BCUT2D eigenvalue weighted by Crippen LogP contribution is -2.44. The third-order valence-electron chi connectivity index (χ3n) is 2.33. The molecule has 0 radical (unpaired) electrons. The van der Waals surface area contributed by atoms with E-state index in [1.807, 2.05) is 11.4 Å². The number of nitrogens with zero attached hydrogens (tertiary/aromatic N) is 1. The third-order valence-corrected chi connectivity index (χ3v) is 2.66. The lowest BCUT2D eigenvalue weighted by molar-refractivity contribution is -0.145. The number of benzene rings is 1. The van der Waals surface area contributed by atoms with Crippen molar-refractivity contribution in [1.29, 1.82) is 5.26 Å². The van der Waals surface area contributed by atoms with E-state index in [0.29, 0.717) is 0 Å². The number of rotatable bonds is 5. The van der Waals surface area contributed by atoms with E-state index in [2.05, 4.69) is 5.32 Å². The molecule has 2 amide bonds. The smallest absolute Gasteiger partial charge is 0.326 e. The minimum Gasteiger partial charge on any atom is -0.481 e. The number of carbonyl (C=O) groups excluding carboxylic acids is 1. The number of nitriles is 1. The average molecular weight is 312 g/mol. The van der Waals surface area contributed by atoms with Crippen LogP contribution in [-0.4, -0.2) is 34.2 Å². The van der Waals surface area contributed by atoms with Crippen LogP contribution in [0.1, 0.15) is 12.0 Å². The van der Waals surface area contributed by atoms with Crippen LogP contribution < -0.4 is 10.6 Å². The first-order valence-corrected chi connectivity index (χ1v) is 5.93. The van der Waals surface area contributed by atoms with E-state index >= 15 is 0 Å². The van der Waals surface area contributed by atoms with Gasteiger partial charge in [0.15, 0.2) is 0 Å². The molecule has 0 aliphatic rings. The number of halogens is 1. The van der Waals surface area contributed by atoms with Gasteiger partial charge in [0.05, 0.1) is 28.8 Å². The zero-order valence-electron chi connectivity index (χ0n) is 10.5. The van der Waals surface area contributed by atoms with Crippen LogP contribution in [0.15, 0.2) is 18.2 Å². The van der Waals surface area contributed by atoms with Gasteiger partial charge in [-0.25, -0.2) is 9.59 Å². The van der Waals surface area contributed by atoms with Gasteiger partial charge in [-0.2, -0.15) is 5.26 Å². The number of carboxylic acid groups (broad SMARTS) is 2. The van der Waals surface area contributed by atoms with Crippen molar-refractivity contribution in [3.8, 4) is 6.07 Å². The Hall–Kier alpha value is -2.79. The van der Waals surface area contributed by atoms with Gasteiger partial charge in [-0.3, -0.25) is 4.79 Å². The number of urea groups is 1. The molecule has 4 N–H and O–H groups in total. The van der Waals surface area contributed by atoms with Gasteiger partial charge in [-0.15, -0.1) is 0 Å². The van der Waals surface area contributed by atoms with Crippen molar-refractivity contribution in [2.75, 3.05) is 5.32 Å². The summed E-state index contributed by atoms with van der Waals surface area (Å²) in [6.07, 6.45) is -0.769. The molecule has 0 aromatic heterocycles. The first-order chi connectivity index (χ1) is 9.83. The topological polar surface area (TPSA) is 140 Å². The lowest BCUT2D eigenvalue weighted by atomic mass is 10.2. The Balaban J connectivity index is 2.79. The molecule has 110 valence electrons. The fourth-order valence-corrected chi connectivity index (χ4v) is 1.55. The fraction of sp³-hybridized carbons (Fsp3) is 0.167. The van der Waals surface area contributed by atoms with Gasteiger partial charge in [0.2, 0.25) is 0 Å². The number of hydrogen-bond donors (Lipinski definition) is 4. The number of nitrogens with one attached hydrogen (secondary N) is 2. The predicted molar refractivity (Wildman–Crippen MR) is 72.0 cm³/mol. The number of aliphatic carboxylic acids is 2. The molecule has 0 saturated carbocycles. The minimum atomic E-state index is -1.58. The summed E-state index contributed by atoms with van der Waals surface area (Å²) in [4.78, 5) is 33.0. The summed E-state index contributed by atoms with van der Waals surface area (Å²) in [5.41, 5.74) is 0.350. The van der Waals surface area contributed by atoms with Gasteiger partial charge >= 0.3 is 18.0 Å². The maximum Gasteiger partial charge on any atom is 0.326 e. The molecule has 1 aromatic carbocycles. The number of anilines is 1. The fourth-order valence-electron chi connectivity index (χ4n) is 1.38. The molecule has 0 fully saturated rings. The van der Waals surface area contributed by atoms with Crippen molar-refractivity contribution >= 4 is 35.3 Å². The largest absolute Gasteiger partial charge is 0.481 e. The summed E-state index contributed by atoms with van der Waals surface area (Å²) in [5.74, 6) is -2.85. The van der Waals surface area contributed by atoms with E-state index < -0.39 is 30.4 Å². The molecule has 0 aliphatic carbocycles. The van der Waals surface area contributed by atoms with Gasteiger partial charge in [-0.1, -0.05) is 11.6 Å². The van der Waals surface area contributed by atoms with Gasteiger partial charge in [0, 0.05) is 0 Å². The predicted octanol–water partition coefficient (Wildman–Crippen LogP) is 1.26. The Bertz CT molecular complexity index is 626. The standard InChI is InChI=1S/C12H10ClN3O5/c13-7-2-1-6(5-14)3-8(7)15-12(21)16-9(11(19)20)4-10(17)18/h1-3,9H,4H2,(H,17,18)(H,19,20)(H2,15,16,21)/t9-/m1/s1. The molecule has 21 heavy (non-hydrogen) atoms. The second kappa shape index (κ2) is 7.12. The summed E-state index contributed by atoms with van der Waals surface area (Å²) in [6, 6.07) is 3.46. The van der Waals surface area contributed by atoms with Gasteiger partial charge < -0.3 is 20.8 Å². The molecule has 9 heteroatoms. The van der Waals surface area contributed by atoms with Crippen molar-refractivity contribution in [2.24, 2.45) is 0 Å². The highest BCUT2D eigenvalue weighted by molar-refractivity contribution is 6.33. The summed E-state index contributed by atoms with van der Waals surface area (Å²) < 4.78 is 0.